The van der Waals surface area contributed by atoms with E-state index in [0.717, 1.165) is 55.1 Å². The van der Waals surface area contributed by atoms with Crippen molar-refractivity contribution in [2.75, 3.05) is 0 Å². The van der Waals surface area contributed by atoms with Crippen molar-refractivity contribution in [3.63, 3.8) is 0 Å². The van der Waals surface area contributed by atoms with E-state index in [2.05, 4.69) is 109 Å². The molecule has 0 spiro atoms. The summed E-state index contributed by atoms with van der Waals surface area (Å²) in [4.78, 5) is 14.9. The van der Waals surface area contributed by atoms with E-state index in [9.17, 15) is 0 Å². The smallest absolute Gasteiger partial charge is 0.164 e. The summed E-state index contributed by atoms with van der Waals surface area (Å²) in [6.45, 7) is 0. The van der Waals surface area contributed by atoms with Crippen LogP contribution in [0.1, 0.15) is 0 Å². The Kier molecular flexibility index (Phi) is 5.78. The highest BCUT2D eigenvalue weighted by molar-refractivity contribution is 6.10. The minimum atomic E-state index is 0.601. The van der Waals surface area contributed by atoms with Gasteiger partial charge in [0.25, 0.3) is 0 Å². The van der Waals surface area contributed by atoms with Crippen LogP contribution in [0.2, 0.25) is 0 Å². The van der Waals surface area contributed by atoms with E-state index < -0.39 is 0 Å². The second-order valence-corrected chi connectivity index (χ2v) is 11.3. The van der Waals surface area contributed by atoms with Crippen LogP contribution in [-0.2, 0) is 0 Å². The maximum Gasteiger partial charge on any atom is 0.164 e. The minimum Gasteiger partial charge on any atom is -0.455 e. The molecule has 0 amide bonds. The van der Waals surface area contributed by atoms with Crippen LogP contribution in [0.4, 0.5) is 0 Å². The Hall–Kier alpha value is -6.13. The van der Waals surface area contributed by atoms with Gasteiger partial charge in [-0.3, -0.25) is 0 Å². The van der Waals surface area contributed by atoms with Crippen molar-refractivity contribution in [3.8, 4) is 45.3 Å². The van der Waals surface area contributed by atoms with Gasteiger partial charge in [-0.2, -0.15) is 0 Å². The Bertz CT molecular complexity index is 2550. The molecule has 0 unspecified atom stereocenters. The Labute approximate surface area is 259 Å². The number of nitrogens with zero attached hydrogens (tertiary/aromatic N) is 3. The molecule has 0 bridgehead atoms. The number of fused-ring (bicyclic) bond motifs is 5. The molecule has 45 heavy (non-hydrogen) atoms. The lowest BCUT2D eigenvalue weighted by Crippen LogP contribution is -2.00. The van der Waals surface area contributed by atoms with E-state index in [1.54, 1.807) is 0 Å². The van der Waals surface area contributed by atoms with Crippen LogP contribution in [0.25, 0.3) is 88.8 Å². The van der Waals surface area contributed by atoms with Gasteiger partial charge in [-0.1, -0.05) is 127 Å². The van der Waals surface area contributed by atoms with Gasteiger partial charge < -0.3 is 4.42 Å². The van der Waals surface area contributed by atoms with Gasteiger partial charge in [-0.15, -0.1) is 0 Å². The zero-order chi connectivity index (χ0) is 29.7. The minimum absolute atomic E-state index is 0.601. The molecule has 0 radical (unpaired) electrons. The Morgan fingerprint density at radius 2 is 0.911 bits per heavy atom. The van der Waals surface area contributed by atoms with Crippen molar-refractivity contribution in [2.24, 2.45) is 0 Å². The lowest BCUT2D eigenvalue weighted by atomic mass is 9.99. The number of rotatable bonds is 4. The molecular formula is C41H25N3O. The highest BCUT2D eigenvalue weighted by atomic mass is 16.3. The number of para-hydroxylation sites is 1. The van der Waals surface area contributed by atoms with Crippen LogP contribution < -0.4 is 0 Å². The molecule has 0 aliphatic carbocycles. The Balaban J connectivity index is 1.20. The maximum absolute atomic E-state index is 6.62. The fourth-order valence-electron chi connectivity index (χ4n) is 6.20. The summed E-state index contributed by atoms with van der Waals surface area (Å²) in [7, 11) is 0. The number of hydrogen-bond donors (Lipinski definition) is 0. The molecule has 210 valence electrons. The number of benzene rings is 7. The van der Waals surface area contributed by atoms with E-state index in [0.29, 0.717) is 17.5 Å². The van der Waals surface area contributed by atoms with Crippen molar-refractivity contribution in [3.05, 3.63) is 152 Å². The topological polar surface area (TPSA) is 51.8 Å². The average Bonchev–Trinajstić information content (AvgIpc) is 3.49. The van der Waals surface area contributed by atoms with E-state index in [1.165, 1.54) is 16.2 Å². The molecule has 2 aromatic heterocycles. The van der Waals surface area contributed by atoms with E-state index in [-0.39, 0.29) is 0 Å². The van der Waals surface area contributed by atoms with Gasteiger partial charge in [0.15, 0.2) is 17.5 Å². The maximum atomic E-state index is 6.62. The molecule has 2 heterocycles. The zero-order valence-corrected chi connectivity index (χ0v) is 24.2. The van der Waals surface area contributed by atoms with Gasteiger partial charge in [-0.05, 0) is 51.4 Å². The number of aromatic nitrogens is 3. The summed E-state index contributed by atoms with van der Waals surface area (Å²) < 4.78 is 6.62. The molecule has 0 atom stereocenters. The van der Waals surface area contributed by atoms with Crippen molar-refractivity contribution in [2.45, 2.75) is 0 Å². The third-order valence-corrected chi connectivity index (χ3v) is 8.49. The normalized spacial score (nSPS) is 11.6. The summed E-state index contributed by atoms with van der Waals surface area (Å²) in [6.07, 6.45) is 0. The van der Waals surface area contributed by atoms with Gasteiger partial charge in [-0.25, -0.2) is 15.0 Å². The molecule has 4 nitrogen and oxygen atoms in total. The monoisotopic (exact) mass is 575 g/mol. The molecule has 9 rings (SSSR count). The molecule has 0 aliphatic rings. The van der Waals surface area contributed by atoms with Crippen LogP contribution in [0.5, 0.6) is 0 Å². The predicted octanol–water partition coefficient (Wildman–Crippen LogP) is 10.7. The van der Waals surface area contributed by atoms with Crippen LogP contribution in [0.15, 0.2) is 156 Å². The van der Waals surface area contributed by atoms with Crippen LogP contribution >= 0.6 is 0 Å². The third-order valence-electron chi connectivity index (χ3n) is 8.49. The molecule has 0 aliphatic heterocycles. The van der Waals surface area contributed by atoms with Gasteiger partial charge >= 0.3 is 0 Å². The summed E-state index contributed by atoms with van der Waals surface area (Å²) in [5.74, 6) is 1.86. The van der Waals surface area contributed by atoms with Crippen molar-refractivity contribution in [1.29, 1.82) is 0 Å². The first kappa shape index (κ1) is 25.4. The SMILES string of the molecule is c1ccc(-c2nc(-c3ccc4ccccc4c3)nc(-c3ccc4c(c3)oc3c(-c5ccc6ccccc6c5)cccc34)n2)cc1. The first-order valence-electron chi connectivity index (χ1n) is 15.0. The number of furan rings is 1. The highest BCUT2D eigenvalue weighted by Crippen LogP contribution is 2.38. The van der Waals surface area contributed by atoms with Crippen LogP contribution in [0.3, 0.4) is 0 Å². The molecule has 0 N–H and O–H groups in total. The van der Waals surface area contributed by atoms with Gasteiger partial charge in [0.2, 0.25) is 0 Å². The fraction of sp³-hybridized carbons (Fsp3) is 0. The lowest BCUT2D eigenvalue weighted by molar-refractivity contribution is 0.670. The standard InChI is InChI=1S/C41H25N3O/c1-2-11-28(12-3-1)39-42-40(32-20-18-27-10-5-7-14-30(27)24-32)44-41(43-39)33-21-22-35-36-16-8-15-34(38(36)45-37(35)25-33)31-19-17-26-9-4-6-13-29(26)23-31/h1-25H. The fourth-order valence-corrected chi connectivity index (χ4v) is 6.20. The third kappa shape index (κ3) is 4.43. The summed E-state index contributed by atoms with van der Waals surface area (Å²) in [5.41, 5.74) is 6.62. The van der Waals surface area contributed by atoms with Crippen molar-refractivity contribution < 1.29 is 4.42 Å². The summed E-state index contributed by atoms with van der Waals surface area (Å²) >= 11 is 0. The second kappa shape index (κ2) is 10.2. The van der Waals surface area contributed by atoms with E-state index >= 15 is 0 Å². The molecule has 7 aromatic carbocycles. The van der Waals surface area contributed by atoms with Crippen molar-refractivity contribution >= 4 is 43.5 Å². The summed E-state index contributed by atoms with van der Waals surface area (Å²) in [5, 5.41) is 6.89. The number of hydrogen-bond acceptors (Lipinski definition) is 4. The second-order valence-electron chi connectivity index (χ2n) is 11.3. The van der Waals surface area contributed by atoms with Crippen LogP contribution in [0, 0.1) is 0 Å². The molecule has 0 saturated carbocycles. The summed E-state index contributed by atoms with van der Waals surface area (Å²) in [6, 6.07) is 52.3. The predicted molar refractivity (Wildman–Crippen MR) is 184 cm³/mol. The van der Waals surface area contributed by atoms with Crippen molar-refractivity contribution in [1.82, 2.24) is 15.0 Å². The first-order chi connectivity index (χ1) is 22.3. The Morgan fingerprint density at radius 1 is 0.356 bits per heavy atom. The van der Waals surface area contributed by atoms with Crippen LogP contribution in [-0.4, -0.2) is 15.0 Å². The molecule has 0 fully saturated rings. The lowest BCUT2D eigenvalue weighted by Gasteiger charge is -2.09. The van der Waals surface area contributed by atoms with Gasteiger partial charge in [0.1, 0.15) is 11.2 Å². The van der Waals surface area contributed by atoms with E-state index in [4.69, 9.17) is 19.4 Å². The quantitative estimate of drug-likeness (QED) is 0.209. The average molecular weight is 576 g/mol. The Morgan fingerprint density at radius 3 is 1.62 bits per heavy atom. The first-order valence-corrected chi connectivity index (χ1v) is 15.0. The molecular weight excluding hydrogens is 550 g/mol. The van der Waals surface area contributed by atoms with E-state index in [1.807, 2.05) is 42.5 Å². The van der Waals surface area contributed by atoms with Gasteiger partial charge in [0.05, 0.1) is 0 Å². The molecule has 4 heteroatoms. The molecule has 9 aromatic rings. The molecule has 0 saturated heterocycles. The largest absolute Gasteiger partial charge is 0.455 e. The highest BCUT2D eigenvalue weighted by Gasteiger charge is 2.16. The zero-order valence-electron chi connectivity index (χ0n) is 24.2. The van der Waals surface area contributed by atoms with Gasteiger partial charge in [0, 0.05) is 33.0 Å².